The zero-order valence-electron chi connectivity index (χ0n) is 16.0. The molecule has 2 unspecified atom stereocenters. The van der Waals surface area contributed by atoms with Gasteiger partial charge in [0.25, 0.3) is 0 Å². The maximum absolute atomic E-state index is 11.7. The molecular formula is C20H30N2O6. The van der Waals surface area contributed by atoms with Crippen molar-refractivity contribution in [3.63, 3.8) is 0 Å². The highest BCUT2D eigenvalue weighted by Gasteiger charge is 2.17. The molecule has 0 aliphatic heterocycles. The highest BCUT2D eigenvalue weighted by atomic mass is 16.5. The normalized spacial score (nSPS) is 12.8. The van der Waals surface area contributed by atoms with Gasteiger partial charge in [0.05, 0.1) is 5.92 Å². The van der Waals surface area contributed by atoms with E-state index >= 15 is 0 Å². The number of unbranched alkanes of at least 4 members (excludes halogenated alkanes) is 1. The maximum atomic E-state index is 11.7. The Bertz CT molecular complexity index is 608. The molecule has 1 aromatic carbocycles. The first-order valence-corrected chi connectivity index (χ1v) is 9.53. The molecule has 5 N–H and O–H groups in total. The van der Waals surface area contributed by atoms with Crippen LogP contribution in [0.1, 0.15) is 50.5 Å². The third kappa shape index (κ3) is 11.2. The molecule has 0 spiro atoms. The van der Waals surface area contributed by atoms with Crippen LogP contribution in [0.4, 0.5) is 4.79 Å². The first-order valence-electron chi connectivity index (χ1n) is 9.53. The van der Waals surface area contributed by atoms with Gasteiger partial charge in [0.1, 0.15) is 6.61 Å². The van der Waals surface area contributed by atoms with Crippen molar-refractivity contribution < 1.29 is 29.3 Å². The lowest BCUT2D eigenvalue weighted by Crippen LogP contribution is -2.37. The molecule has 0 saturated carbocycles. The van der Waals surface area contributed by atoms with Crippen molar-refractivity contribution in [3.05, 3.63) is 35.9 Å². The largest absolute Gasteiger partial charge is 0.481 e. The van der Waals surface area contributed by atoms with E-state index in [0.717, 1.165) is 12.0 Å². The minimum absolute atomic E-state index is 0.0132. The van der Waals surface area contributed by atoms with Crippen LogP contribution in [0.5, 0.6) is 0 Å². The Labute approximate surface area is 165 Å². The minimum atomic E-state index is -0.912. The Balaban J connectivity index is 2.12. The summed E-state index contributed by atoms with van der Waals surface area (Å²) in [5.74, 6) is -2.33. The average molecular weight is 394 g/mol. The molecule has 0 bridgehead atoms. The van der Waals surface area contributed by atoms with Crippen LogP contribution in [0.2, 0.25) is 0 Å². The highest BCUT2D eigenvalue weighted by Crippen LogP contribution is 2.17. The van der Waals surface area contributed by atoms with Gasteiger partial charge >= 0.3 is 18.0 Å². The van der Waals surface area contributed by atoms with Gasteiger partial charge in [-0.3, -0.25) is 9.59 Å². The second-order valence-electron chi connectivity index (χ2n) is 6.81. The number of hydrogen-bond donors (Lipinski definition) is 4. The van der Waals surface area contributed by atoms with Crippen molar-refractivity contribution in [3.8, 4) is 0 Å². The van der Waals surface area contributed by atoms with Gasteiger partial charge < -0.3 is 26.0 Å². The number of carbonyl (C=O) groups excluding carboxylic acids is 1. The second kappa shape index (κ2) is 13.5. The van der Waals surface area contributed by atoms with Gasteiger partial charge in [-0.1, -0.05) is 43.2 Å². The Kier molecular flexibility index (Phi) is 11.3. The standard InChI is InChI=1S/C20H30N2O6/c21-17(13-22-20(27)28-14-15-7-2-1-3-8-15)11-5-4-9-16(19(25)26)10-6-12-18(23)24/h1-3,7-8,16-17H,4-6,9-14,21H2,(H,22,27)(H,23,24)(H,25,26). The smallest absolute Gasteiger partial charge is 0.407 e. The van der Waals surface area contributed by atoms with Gasteiger partial charge in [0.15, 0.2) is 0 Å². The number of carbonyl (C=O) groups is 3. The number of carboxylic acid groups (broad SMARTS) is 2. The van der Waals surface area contributed by atoms with Crippen LogP contribution in [-0.4, -0.2) is 40.8 Å². The molecular weight excluding hydrogens is 364 g/mol. The topological polar surface area (TPSA) is 139 Å². The van der Waals surface area contributed by atoms with Crippen molar-refractivity contribution >= 4 is 18.0 Å². The molecule has 0 saturated heterocycles. The summed E-state index contributed by atoms with van der Waals surface area (Å²) in [5.41, 5.74) is 6.87. The summed E-state index contributed by atoms with van der Waals surface area (Å²) in [7, 11) is 0. The molecule has 0 aromatic heterocycles. The van der Waals surface area contributed by atoms with Gasteiger partial charge in [-0.05, 0) is 31.2 Å². The molecule has 1 amide bonds. The Morgan fingerprint density at radius 1 is 1.00 bits per heavy atom. The van der Waals surface area contributed by atoms with Gasteiger partial charge in [0.2, 0.25) is 0 Å². The molecule has 2 atom stereocenters. The summed E-state index contributed by atoms with van der Waals surface area (Å²) in [4.78, 5) is 33.4. The van der Waals surface area contributed by atoms with Crippen LogP contribution in [0.25, 0.3) is 0 Å². The van der Waals surface area contributed by atoms with Crippen LogP contribution in [-0.2, 0) is 20.9 Å². The number of ether oxygens (including phenoxy) is 1. The molecule has 0 fully saturated rings. The third-order valence-electron chi connectivity index (χ3n) is 4.39. The number of aliphatic carboxylic acids is 2. The number of rotatable bonds is 14. The number of hydrogen-bond acceptors (Lipinski definition) is 5. The molecule has 28 heavy (non-hydrogen) atoms. The number of nitrogens with two attached hydrogens (primary N) is 1. The van der Waals surface area contributed by atoms with Gasteiger partial charge in [-0.15, -0.1) is 0 Å². The first-order chi connectivity index (χ1) is 13.4. The summed E-state index contributed by atoms with van der Waals surface area (Å²) in [6.07, 6.45) is 2.77. The van der Waals surface area contributed by atoms with Crippen molar-refractivity contribution in [1.82, 2.24) is 5.32 Å². The molecule has 156 valence electrons. The van der Waals surface area contributed by atoms with E-state index in [2.05, 4.69) is 5.32 Å². The van der Waals surface area contributed by atoms with Crippen LogP contribution in [0.15, 0.2) is 30.3 Å². The van der Waals surface area contributed by atoms with E-state index in [-0.39, 0.29) is 25.6 Å². The summed E-state index contributed by atoms with van der Waals surface area (Å²) in [6, 6.07) is 9.12. The van der Waals surface area contributed by atoms with Crippen LogP contribution in [0, 0.1) is 5.92 Å². The van der Waals surface area contributed by atoms with Crippen molar-refractivity contribution in [2.75, 3.05) is 6.54 Å². The summed E-state index contributed by atoms with van der Waals surface area (Å²) in [6.45, 7) is 0.481. The van der Waals surface area contributed by atoms with E-state index in [0.29, 0.717) is 32.1 Å². The van der Waals surface area contributed by atoms with Gasteiger partial charge in [-0.25, -0.2) is 4.79 Å². The fraction of sp³-hybridized carbons (Fsp3) is 0.550. The number of amides is 1. The molecule has 1 rings (SSSR count). The fourth-order valence-corrected chi connectivity index (χ4v) is 2.78. The van der Waals surface area contributed by atoms with E-state index in [9.17, 15) is 19.5 Å². The second-order valence-corrected chi connectivity index (χ2v) is 6.81. The van der Waals surface area contributed by atoms with Crippen molar-refractivity contribution in [1.29, 1.82) is 0 Å². The Morgan fingerprint density at radius 3 is 2.29 bits per heavy atom. The molecule has 0 aliphatic carbocycles. The van der Waals surface area contributed by atoms with Crippen LogP contribution in [0.3, 0.4) is 0 Å². The highest BCUT2D eigenvalue weighted by molar-refractivity contribution is 5.70. The molecule has 1 aromatic rings. The molecule has 0 aliphatic rings. The van der Waals surface area contributed by atoms with Gasteiger partial charge in [-0.2, -0.15) is 0 Å². The minimum Gasteiger partial charge on any atom is -0.481 e. The quantitative estimate of drug-likeness (QED) is 0.356. The van der Waals surface area contributed by atoms with Gasteiger partial charge in [0, 0.05) is 19.0 Å². The van der Waals surface area contributed by atoms with E-state index < -0.39 is 23.9 Å². The fourth-order valence-electron chi connectivity index (χ4n) is 2.78. The number of carboxylic acids is 2. The summed E-state index contributed by atoms with van der Waals surface area (Å²) >= 11 is 0. The number of alkyl carbamates (subject to hydrolysis) is 1. The SMILES string of the molecule is NC(CCCCC(CCCC(=O)O)C(=O)O)CNC(=O)OCc1ccccc1. The lowest BCUT2D eigenvalue weighted by molar-refractivity contribution is -0.143. The summed E-state index contributed by atoms with van der Waals surface area (Å²) in [5, 5.41) is 20.4. The van der Waals surface area contributed by atoms with Crippen LogP contribution >= 0.6 is 0 Å². The third-order valence-corrected chi connectivity index (χ3v) is 4.39. The molecule has 8 nitrogen and oxygen atoms in total. The van der Waals surface area contributed by atoms with E-state index in [1.807, 2.05) is 30.3 Å². The zero-order chi connectivity index (χ0) is 20.8. The zero-order valence-corrected chi connectivity index (χ0v) is 16.0. The predicted octanol–water partition coefficient (Wildman–Crippen LogP) is 2.76. The monoisotopic (exact) mass is 394 g/mol. The van der Waals surface area contributed by atoms with E-state index in [1.165, 1.54) is 0 Å². The van der Waals surface area contributed by atoms with E-state index in [1.54, 1.807) is 0 Å². The Hall–Kier alpha value is -2.61. The first kappa shape index (κ1) is 23.4. The average Bonchev–Trinajstić information content (AvgIpc) is 2.66. The van der Waals surface area contributed by atoms with Crippen molar-refractivity contribution in [2.45, 2.75) is 57.6 Å². The van der Waals surface area contributed by atoms with E-state index in [4.69, 9.17) is 15.6 Å². The van der Waals surface area contributed by atoms with Crippen molar-refractivity contribution in [2.24, 2.45) is 11.7 Å². The molecule has 8 heteroatoms. The Morgan fingerprint density at radius 2 is 1.64 bits per heavy atom. The predicted molar refractivity (Wildman–Crippen MR) is 104 cm³/mol. The molecule has 0 radical (unpaired) electrons. The summed E-state index contributed by atoms with van der Waals surface area (Å²) < 4.78 is 5.10. The van der Waals surface area contributed by atoms with Crippen LogP contribution < -0.4 is 11.1 Å². The molecule has 0 heterocycles. The number of benzene rings is 1. The maximum Gasteiger partial charge on any atom is 0.407 e. The number of nitrogens with one attached hydrogen (secondary N) is 1. The lowest BCUT2D eigenvalue weighted by atomic mass is 9.95. The lowest BCUT2D eigenvalue weighted by Gasteiger charge is -2.14.